The van der Waals surface area contributed by atoms with Crippen molar-refractivity contribution in [3.63, 3.8) is 0 Å². The molecule has 0 bridgehead atoms. The molecule has 2 atom stereocenters. The maximum atomic E-state index is 12.6. The first-order valence-electron chi connectivity index (χ1n) is 8.99. The average Bonchev–Trinajstić information content (AvgIpc) is 3.06. The number of hydrogen-bond donors (Lipinski definition) is 1. The van der Waals surface area contributed by atoms with Gasteiger partial charge in [-0.2, -0.15) is 0 Å². The number of carbonyl (C=O) groups excluding carboxylic acids is 2. The first-order valence-corrected chi connectivity index (χ1v) is 8.99. The van der Waals surface area contributed by atoms with Crippen LogP contribution in [0.2, 0.25) is 0 Å². The van der Waals surface area contributed by atoms with Crippen molar-refractivity contribution in [1.82, 2.24) is 4.90 Å². The highest BCUT2D eigenvalue weighted by atomic mass is 16.5. The predicted octanol–water partition coefficient (Wildman–Crippen LogP) is 3.27. The van der Waals surface area contributed by atoms with Crippen molar-refractivity contribution in [3.8, 4) is 5.75 Å². The largest absolute Gasteiger partial charge is 0.495 e. The standard InChI is InChI=1S/C20H22N2O4/c1-25-18-7-6-13(20(24)22-8-2-3-9-22)11-16(18)21-19(23)15-12-14(15)17-5-4-10-26-17/h4-7,10-11,14-15H,2-3,8-9,12H2,1H3,(H,21,23). The summed E-state index contributed by atoms with van der Waals surface area (Å²) in [6.45, 7) is 1.58. The summed E-state index contributed by atoms with van der Waals surface area (Å²) in [5.74, 6) is 1.34. The van der Waals surface area contributed by atoms with Gasteiger partial charge in [-0.1, -0.05) is 0 Å². The number of nitrogens with zero attached hydrogens (tertiary/aromatic N) is 1. The molecule has 1 aromatic carbocycles. The number of benzene rings is 1. The lowest BCUT2D eigenvalue weighted by atomic mass is 10.1. The van der Waals surface area contributed by atoms with E-state index in [9.17, 15) is 9.59 Å². The Balaban J connectivity index is 1.49. The van der Waals surface area contributed by atoms with Crippen LogP contribution in [0.5, 0.6) is 5.75 Å². The second kappa shape index (κ2) is 6.86. The molecule has 1 N–H and O–H groups in total. The molecule has 6 heteroatoms. The third-order valence-electron chi connectivity index (χ3n) is 5.13. The van der Waals surface area contributed by atoms with E-state index < -0.39 is 0 Å². The van der Waals surface area contributed by atoms with Gasteiger partial charge in [0.25, 0.3) is 5.91 Å². The molecule has 2 aromatic rings. The Labute approximate surface area is 152 Å². The van der Waals surface area contributed by atoms with Crippen molar-refractivity contribution in [2.75, 3.05) is 25.5 Å². The monoisotopic (exact) mass is 354 g/mol. The van der Waals surface area contributed by atoms with Crippen molar-refractivity contribution >= 4 is 17.5 Å². The van der Waals surface area contributed by atoms with Gasteiger partial charge in [-0.3, -0.25) is 9.59 Å². The fraction of sp³-hybridized carbons (Fsp3) is 0.400. The van der Waals surface area contributed by atoms with Gasteiger partial charge in [0.1, 0.15) is 11.5 Å². The van der Waals surface area contributed by atoms with Crippen molar-refractivity contribution in [3.05, 3.63) is 47.9 Å². The van der Waals surface area contributed by atoms with Crippen LogP contribution in [0.4, 0.5) is 5.69 Å². The first kappa shape index (κ1) is 16.7. The van der Waals surface area contributed by atoms with Crippen LogP contribution in [-0.4, -0.2) is 36.9 Å². The smallest absolute Gasteiger partial charge is 0.253 e. The minimum Gasteiger partial charge on any atom is -0.495 e. The quantitative estimate of drug-likeness (QED) is 0.894. The Kier molecular flexibility index (Phi) is 4.41. The van der Waals surface area contributed by atoms with Crippen LogP contribution in [0.25, 0.3) is 0 Å². The Morgan fingerprint density at radius 3 is 2.73 bits per heavy atom. The van der Waals surface area contributed by atoms with Gasteiger partial charge in [0.15, 0.2) is 0 Å². The summed E-state index contributed by atoms with van der Waals surface area (Å²) in [4.78, 5) is 27.0. The molecule has 2 heterocycles. The summed E-state index contributed by atoms with van der Waals surface area (Å²) < 4.78 is 10.7. The zero-order valence-corrected chi connectivity index (χ0v) is 14.7. The molecule has 6 nitrogen and oxygen atoms in total. The van der Waals surface area contributed by atoms with Gasteiger partial charge in [0.2, 0.25) is 5.91 Å². The number of amides is 2. The maximum absolute atomic E-state index is 12.6. The Morgan fingerprint density at radius 2 is 2.04 bits per heavy atom. The van der Waals surface area contributed by atoms with Gasteiger partial charge in [-0.25, -0.2) is 0 Å². The summed E-state index contributed by atoms with van der Waals surface area (Å²) >= 11 is 0. The van der Waals surface area contributed by atoms with Gasteiger partial charge in [0, 0.05) is 30.5 Å². The van der Waals surface area contributed by atoms with E-state index in [0.29, 0.717) is 17.0 Å². The zero-order valence-electron chi connectivity index (χ0n) is 14.7. The highest BCUT2D eigenvalue weighted by molar-refractivity contribution is 6.00. The highest BCUT2D eigenvalue weighted by Crippen LogP contribution is 2.48. The summed E-state index contributed by atoms with van der Waals surface area (Å²) in [5, 5.41) is 2.92. The molecule has 4 rings (SSSR count). The van der Waals surface area contributed by atoms with E-state index in [-0.39, 0.29) is 23.7 Å². The zero-order chi connectivity index (χ0) is 18.1. The number of likely N-dealkylation sites (tertiary alicyclic amines) is 1. The van der Waals surface area contributed by atoms with E-state index in [2.05, 4.69) is 5.32 Å². The lowest BCUT2D eigenvalue weighted by Gasteiger charge is -2.17. The normalized spacial score (nSPS) is 21.5. The predicted molar refractivity (Wildman–Crippen MR) is 96.3 cm³/mol. The van der Waals surface area contributed by atoms with Crippen LogP contribution in [0, 0.1) is 5.92 Å². The molecule has 1 saturated heterocycles. The minimum atomic E-state index is -0.108. The van der Waals surface area contributed by atoms with Crippen LogP contribution in [0.15, 0.2) is 41.0 Å². The summed E-state index contributed by atoms with van der Waals surface area (Å²) in [7, 11) is 1.55. The number of nitrogens with one attached hydrogen (secondary N) is 1. The molecule has 2 fully saturated rings. The molecule has 136 valence electrons. The van der Waals surface area contributed by atoms with Crippen molar-refractivity contribution < 1.29 is 18.7 Å². The van der Waals surface area contributed by atoms with E-state index >= 15 is 0 Å². The molecule has 2 unspecified atom stereocenters. The molecule has 2 amide bonds. The van der Waals surface area contributed by atoms with Gasteiger partial charge in [0.05, 0.1) is 19.1 Å². The molecule has 1 aliphatic heterocycles. The molecular formula is C20H22N2O4. The van der Waals surface area contributed by atoms with Crippen LogP contribution in [-0.2, 0) is 4.79 Å². The van der Waals surface area contributed by atoms with Crippen molar-refractivity contribution in [2.45, 2.75) is 25.2 Å². The summed E-state index contributed by atoms with van der Waals surface area (Å²) in [6, 6.07) is 8.92. The second-order valence-electron chi connectivity index (χ2n) is 6.87. The third-order valence-corrected chi connectivity index (χ3v) is 5.13. The summed E-state index contributed by atoms with van der Waals surface area (Å²) in [5.41, 5.74) is 1.11. The molecule has 26 heavy (non-hydrogen) atoms. The van der Waals surface area contributed by atoms with E-state index in [0.717, 1.165) is 38.1 Å². The Hall–Kier alpha value is -2.76. The SMILES string of the molecule is COc1ccc(C(=O)N2CCCC2)cc1NC(=O)C1CC1c1ccco1. The number of furan rings is 1. The molecule has 0 radical (unpaired) electrons. The van der Waals surface area contributed by atoms with Crippen LogP contribution >= 0.6 is 0 Å². The molecule has 1 saturated carbocycles. The Morgan fingerprint density at radius 1 is 1.23 bits per heavy atom. The van der Waals surface area contributed by atoms with Crippen molar-refractivity contribution in [2.24, 2.45) is 5.92 Å². The molecular weight excluding hydrogens is 332 g/mol. The molecule has 2 aliphatic rings. The van der Waals surface area contributed by atoms with Crippen LogP contribution in [0.3, 0.4) is 0 Å². The topological polar surface area (TPSA) is 71.8 Å². The number of ether oxygens (including phenoxy) is 1. The van der Waals surface area contributed by atoms with E-state index in [1.807, 2.05) is 17.0 Å². The van der Waals surface area contributed by atoms with Gasteiger partial charge in [-0.05, 0) is 49.6 Å². The van der Waals surface area contributed by atoms with Crippen molar-refractivity contribution in [1.29, 1.82) is 0 Å². The number of rotatable bonds is 5. The molecule has 0 spiro atoms. The highest BCUT2D eigenvalue weighted by Gasteiger charge is 2.46. The average molecular weight is 354 g/mol. The van der Waals surface area contributed by atoms with Crippen LogP contribution < -0.4 is 10.1 Å². The molecule has 1 aliphatic carbocycles. The lowest BCUT2D eigenvalue weighted by Crippen LogP contribution is -2.27. The fourth-order valence-electron chi connectivity index (χ4n) is 3.57. The van der Waals surface area contributed by atoms with E-state index in [1.165, 1.54) is 0 Å². The lowest BCUT2D eigenvalue weighted by molar-refractivity contribution is -0.117. The fourth-order valence-corrected chi connectivity index (χ4v) is 3.57. The third kappa shape index (κ3) is 3.19. The number of hydrogen-bond acceptors (Lipinski definition) is 4. The second-order valence-corrected chi connectivity index (χ2v) is 6.87. The minimum absolute atomic E-state index is 0.000496. The number of methoxy groups -OCH3 is 1. The van der Waals surface area contributed by atoms with Gasteiger partial charge < -0.3 is 19.4 Å². The first-order chi connectivity index (χ1) is 12.7. The van der Waals surface area contributed by atoms with E-state index in [4.69, 9.17) is 9.15 Å². The molecule has 1 aromatic heterocycles. The summed E-state index contributed by atoms with van der Waals surface area (Å²) in [6.07, 6.45) is 4.48. The van der Waals surface area contributed by atoms with Crippen LogP contribution in [0.1, 0.15) is 41.3 Å². The van der Waals surface area contributed by atoms with Gasteiger partial charge >= 0.3 is 0 Å². The Bertz CT molecular complexity index is 809. The van der Waals surface area contributed by atoms with E-state index in [1.54, 1.807) is 31.6 Å². The maximum Gasteiger partial charge on any atom is 0.253 e. The number of anilines is 1. The van der Waals surface area contributed by atoms with Gasteiger partial charge in [-0.15, -0.1) is 0 Å². The number of carbonyl (C=O) groups is 2.